The number of carbonyl (C=O) groups is 1. The lowest BCUT2D eigenvalue weighted by Gasteiger charge is -2.04. The van der Waals surface area contributed by atoms with Crippen LogP contribution in [-0.4, -0.2) is 21.0 Å². The van der Waals surface area contributed by atoms with E-state index in [1.54, 1.807) is 19.3 Å². The summed E-state index contributed by atoms with van der Waals surface area (Å²) in [5, 5.41) is 8.66. The zero-order chi connectivity index (χ0) is 10.6. The highest BCUT2D eigenvalue weighted by Crippen LogP contribution is 2.08. The van der Waals surface area contributed by atoms with E-state index in [0.29, 0.717) is 18.7 Å². The molecule has 1 heterocycles. The Hall–Kier alpha value is -0.970. The Morgan fingerprint density at radius 3 is 2.64 bits per heavy atom. The molecule has 0 aliphatic rings. The van der Waals surface area contributed by atoms with Gasteiger partial charge in [-0.2, -0.15) is 0 Å². The van der Waals surface area contributed by atoms with Gasteiger partial charge in [0.15, 0.2) is 0 Å². The van der Waals surface area contributed by atoms with E-state index in [1.807, 2.05) is 0 Å². The van der Waals surface area contributed by atoms with Gasteiger partial charge in [0.25, 0.3) is 0 Å². The largest absolute Gasteiger partial charge is 0.481 e. The lowest BCUT2D eigenvalue weighted by Crippen LogP contribution is -2.11. The Bertz CT molecular complexity index is 313. The molecule has 0 saturated heterocycles. The highest BCUT2D eigenvalue weighted by molar-refractivity contribution is 9.10. The highest BCUT2D eigenvalue weighted by Gasteiger charge is 2.11. The summed E-state index contributed by atoms with van der Waals surface area (Å²) in [6.45, 7) is 1.68. The first kappa shape index (κ1) is 11.1. The average molecular weight is 259 g/mol. The van der Waals surface area contributed by atoms with Crippen LogP contribution in [0.5, 0.6) is 0 Å². The minimum Gasteiger partial charge on any atom is -0.481 e. The predicted molar refractivity (Wildman–Crippen MR) is 54.9 cm³/mol. The smallest absolute Gasteiger partial charge is 0.306 e. The maximum absolute atomic E-state index is 10.5. The van der Waals surface area contributed by atoms with Crippen molar-refractivity contribution in [2.45, 2.75) is 19.8 Å². The van der Waals surface area contributed by atoms with E-state index in [1.165, 1.54) is 0 Å². The molecule has 0 spiro atoms. The van der Waals surface area contributed by atoms with Crippen molar-refractivity contribution in [1.82, 2.24) is 9.97 Å². The molecule has 1 atom stereocenters. The van der Waals surface area contributed by atoms with E-state index in [2.05, 4.69) is 25.9 Å². The molecule has 0 amide bonds. The van der Waals surface area contributed by atoms with Gasteiger partial charge in [0.05, 0.1) is 10.4 Å². The summed E-state index contributed by atoms with van der Waals surface area (Å²) in [7, 11) is 0. The van der Waals surface area contributed by atoms with Gasteiger partial charge in [0.1, 0.15) is 5.82 Å². The fourth-order valence-corrected chi connectivity index (χ4v) is 1.14. The minimum absolute atomic E-state index is 0.345. The fourth-order valence-electron chi connectivity index (χ4n) is 0.937. The number of aryl methyl sites for hydroxylation is 1. The summed E-state index contributed by atoms with van der Waals surface area (Å²) in [4.78, 5) is 18.6. The number of halogens is 1. The molecule has 1 N–H and O–H groups in total. The van der Waals surface area contributed by atoms with Gasteiger partial charge in [0, 0.05) is 18.8 Å². The van der Waals surface area contributed by atoms with E-state index in [9.17, 15) is 4.79 Å². The first-order valence-corrected chi connectivity index (χ1v) is 5.08. The van der Waals surface area contributed by atoms with Crippen LogP contribution in [0.1, 0.15) is 19.2 Å². The third-order valence-corrected chi connectivity index (χ3v) is 2.31. The molecule has 1 aromatic rings. The lowest BCUT2D eigenvalue weighted by molar-refractivity contribution is -0.141. The van der Waals surface area contributed by atoms with Crippen LogP contribution in [0.25, 0.3) is 0 Å². The number of hydrogen-bond acceptors (Lipinski definition) is 3. The molecule has 0 aliphatic heterocycles. The predicted octanol–water partition coefficient (Wildman–Crippen LogP) is 1.89. The normalized spacial score (nSPS) is 12.4. The van der Waals surface area contributed by atoms with Crippen LogP contribution in [0.4, 0.5) is 0 Å². The molecule has 0 aliphatic carbocycles. The van der Waals surface area contributed by atoms with Crippen LogP contribution in [0.2, 0.25) is 0 Å². The van der Waals surface area contributed by atoms with Gasteiger partial charge in [-0.3, -0.25) is 4.79 Å². The van der Waals surface area contributed by atoms with Crippen LogP contribution < -0.4 is 0 Å². The van der Waals surface area contributed by atoms with Crippen LogP contribution in [0.15, 0.2) is 16.9 Å². The zero-order valence-electron chi connectivity index (χ0n) is 7.77. The Labute approximate surface area is 90.5 Å². The number of hydrogen-bond donors (Lipinski definition) is 1. The topological polar surface area (TPSA) is 63.1 Å². The first-order valence-electron chi connectivity index (χ1n) is 4.29. The van der Waals surface area contributed by atoms with Crippen molar-refractivity contribution < 1.29 is 9.90 Å². The second-order valence-electron chi connectivity index (χ2n) is 3.10. The van der Waals surface area contributed by atoms with E-state index in [0.717, 1.165) is 4.47 Å². The number of aliphatic carboxylic acids is 1. The quantitative estimate of drug-likeness (QED) is 0.896. The van der Waals surface area contributed by atoms with Gasteiger partial charge < -0.3 is 5.11 Å². The molecule has 1 unspecified atom stereocenters. The molecule has 14 heavy (non-hydrogen) atoms. The van der Waals surface area contributed by atoms with Gasteiger partial charge in [-0.1, -0.05) is 6.92 Å². The van der Waals surface area contributed by atoms with Crippen molar-refractivity contribution in [1.29, 1.82) is 0 Å². The van der Waals surface area contributed by atoms with Gasteiger partial charge in [0.2, 0.25) is 0 Å². The monoisotopic (exact) mass is 258 g/mol. The number of carboxylic acid groups (broad SMARTS) is 1. The lowest BCUT2D eigenvalue weighted by atomic mass is 10.1. The molecule has 76 valence electrons. The fraction of sp³-hybridized carbons (Fsp3) is 0.444. The van der Waals surface area contributed by atoms with Crippen molar-refractivity contribution in [3.63, 3.8) is 0 Å². The number of carboxylic acids is 1. The number of aromatic nitrogens is 2. The third kappa shape index (κ3) is 3.41. The van der Waals surface area contributed by atoms with E-state index >= 15 is 0 Å². The molecule has 0 bridgehead atoms. The van der Waals surface area contributed by atoms with Crippen molar-refractivity contribution in [3.05, 3.63) is 22.7 Å². The molecule has 0 aromatic carbocycles. The summed E-state index contributed by atoms with van der Waals surface area (Å²) >= 11 is 3.23. The van der Waals surface area contributed by atoms with Crippen molar-refractivity contribution in [3.8, 4) is 0 Å². The third-order valence-electron chi connectivity index (χ3n) is 1.90. The maximum Gasteiger partial charge on any atom is 0.306 e. The van der Waals surface area contributed by atoms with Gasteiger partial charge in [-0.25, -0.2) is 9.97 Å². The van der Waals surface area contributed by atoms with Crippen LogP contribution >= 0.6 is 15.9 Å². The second-order valence-corrected chi connectivity index (χ2v) is 4.01. The highest BCUT2D eigenvalue weighted by atomic mass is 79.9. The maximum atomic E-state index is 10.5. The molecule has 1 aromatic heterocycles. The van der Waals surface area contributed by atoms with E-state index in [4.69, 9.17) is 5.11 Å². The van der Waals surface area contributed by atoms with Crippen molar-refractivity contribution >= 4 is 21.9 Å². The van der Waals surface area contributed by atoms with E-state index < -0.39 is 5.97 Å². The Morgan fingerprint density at radius 1 is 1.57 bits per heavy atom. The van der Waals surface area contributed by atoms with E-state index in [-0.39, 0.29) is 5.92 Å². The Balaban J connectivity index is 2.46. The average Bonchev–Trinajstić information content (AvgIpc) is 2.16. The summed E-state index contributed by atoms with van der Waals surface area (Å²) in [6.07, 6.45) is 4.49. The molecule has 4 nitrogen and oxygen atoms in total. The molecule has 0 fully saturated rings. The SMILES string of the molecule is CC(CCc1ncc(Br)cn1)C(=O)O. The molecular formula is C9H11BrN2O2. The summed E-state index contributed by atoms with van der Waals surface area (Å²) in [5.41, 5.74) is 0. The molecule has 5 heteroatoms. The van der Waals surface area contributed by atoms with Crippen LogP contribution in [0.3, 0.4) is 0 Å². The zero-order valence-corrected chi connectivity index (χ0v) is 9.36. The number of rotatable bonds is 4. The second kappa shape index (κ2) is 5.05. The van der Waals surface area contributed by atoms with Crippen LogP contribution in [-0.2, 0) is 11.2 Å². The number of nitrogens with zero attached hydrogens (tertiary/aromatic N) is 2. The van der Waals surface area contributed by atoms with Gasteiger partial charge in [-0.15, -0.1) is 0 Å². The first-order chi connectivity index (χ1) is 6.59. The Morgan fingerprint density at radius 2 is 2.14 bits per heavy atom. The Kier molecular flexibility index (Phi) is 4.00. The summed E-state index contributed by atoms with van der Waals surface area (Å²) < 4.78 is 0.826. The van der Waals surface area contributed by atoms with Crippen molar-refractivity contribution in [2.75, 3.05) is 0 Å². The minimum atomic E-state index is -0.776. The van der Waals surface area contributed by atoms with Crippen LogP contribution in [0, 0.1) is 5.92 Å². The molecule has 0 radical (unpaired) electrons. The van der Waals surface area contributed by atoms with Gasteiger partial charge in [-0.05, 0) is 22.4 Å². The molecule has 0 saturated carbocycles. The summed E-state index contributed by atoms with van der Waals surface area (Å²) in [5.74, 6) is -0.439. The molecule has 1 rings (SSSR count). The van der Waals surface area contributed by atoms with Gasteiger partial charge >= 0.3 is 5.97 Å². The summed E-state index contributed by atoms with van der Waals surface area (Å²) in [6, 6.07) is 0. The molecular weight excluding hydrogens is 248 g/mol. The van der Waals surface area contributed by atoms with Crippen molar-refractivity contribution in [2.24, 2.45) is 5.92 Å². The standard InChI is InChI=1S/C9H11BrN2O2/c1-6(9(13)14)2-3-8-11-4-7(10)5-12-8/h4-6H,2-3H2,1H3,(H,13,14).